The summed E-state index contributed by atoms with van der Waals surface area (Å²) in [7, 11) is 0. The van der Waals surface area contributed by atoms with Crippen LogP contribution in [0.1, 0.15) is 60.5 Å². The molecule has 6 heteroatoms. The number of carboxylic acid groups (broad SMARTS) is 1. The average molecular weight is 291 g/mol. The monoisotopic (exact) mass is 291 g/mol. The molecule has 0 aliphatic heterocycles. The quantitative estimate of drug-likeness (QED) is 0.837. The zero-order valence-corrected chi connectivity index (χ0v) is 12.4. The van der Waals surface area contributed by atoms with Crippen molar-refractivity contribution in [3.63, 3.8) is 0 Å². The molecular formula is C15H21N3O3. The predicted molar refractivity (Wildman–Crippen MR) is 77.1 cm³/mol. The fourth-order valence-corrected chi connectivity index (χ4v) is 2.91. The van der Waals surface area contributed by atoms with Crippen LogP contribution in [0.25, 0.3) is 0 Å². The van der Waals surface area contributed by atoms with E-state index >= 15 is 0 Å². The molecule has 114 valence electrons. The fourth-order valence-electron chi connectivity index (χ4n) is 2.91. The molecule has 1 amide bonds. The first-order valence-corrected chi connectivity index (χ1v) is 7.25. The van der Waals surface area contributed by atoms with Crippen molar-refractivity contribution < 1.29 is 14.7 Å². The van der Waals surface area contributed by atoms with Crippen molar-refractivity contribution in [3.05, 3.63) is 23.8 Å². The van der Waals surface area contributed by atoms with Crippen LogP contribution in [0.15, 0.2) is 12.4 Å². The average Bonchev–Trinajstić information content (AvgIpc) is 2.41. The fraction of sp³-hybridized carbons (Fsp3) is 0.600. The van der Waals surface area contributed by atoms with Gasteiger partial charge >= 0.3 is 5.97 Å². The Bertz CT molecular complexity index is 521. The van der Waals surface area contributed by atoms with Gasteiger partial charge in [0, 0.05) is 6.54 Å². The maximum absolute atomic E-state index is 12.0. The number of rotatable bonds is 6. The van der Waals surface area contributed by atoms with Gasteiger partial charge in [-0.2, -0.15) is 0 Å². The van der Waals surface area contributed by atoms with Gasteiger partial charge in [0.1, 0.15) is 5.69 Å². The molecule has 0 unspecified atom stereocenters. The number of nitrogens with one attached hydrogen (secondary N) is 1. The molecule has 0 radical (unpaired) electrons. The van der Waals surface area contributed by atoms with E-state index in [-0.39, 0.29) is 22.7 Å². The molecule has 6 nitrogen and oxygen atoms in total. The summed E-state index contributed by atoms with van der Waals surface area (Å²) in [4.78, 5) is 30.3. The van der Waals surface area contributed by atoms with E-state index in [2.05, 4.69) is 29.1 Å². The van der Waals surface area contributed by atoms with E-state index < -0.39 is 5.97 Å². The zero-order valence-electron chi connectivity index (χ0n) is 12.4. The molecule has 0 aromatic carbocycles. The van der Waals surface area contributed by atoms with Crippen molar-refractivity contribution in [2.75, 3.05) is 6.54 Å². The molecule has 0 saturated heterocycles. The van der Waals surface area contributed by atoms with Crippen LogP contribution in [0.4, 0.5) is 0 Å². The Kier molecular flexibility index (Phi) is 4.55. The third-order valence-corrected chi connectivity index (χ3v) is 3.98. The van der Waals surface area contributed by atoms with Gasteiger partial charge in [0.2, 0.25) is 0 Å². The highest BCUT2D eigenvalue weighted by molar-refractivity contribution is 5.92. The highest BCUT2D eigenvalue weighted by Crippen LogP contribution is 2.45. The molecule has 0 bridgehead atoms. The van der Waals surface area contributed by atoms with Crippen molar-refractivity contribution >= 4 is 11.9 Å². The van der Waals surface area contributed by atoms with Crippen molar-refractivity contribution in [1.82, 2.24) is 15.3 Å². The van der Waals surface area contributed by atoms with Crippen LogP contribution < -0.4 is 5.32 Å². The van der Waals surface area contributed by atoms with Crippen LogP contribution in [0.2, 0.25) is 0 Å². The van der Waals surface area contributed by atoms with E-state index in [9.17, 15) is 9.59 Å². The molecule has 1 heterocycles. The van der Waals surface area contributed by atoms with Crippen LogP contribution in [-0.4, -0.2) is 33.5 Å². The van der Waals surface area contributed by atoms with Gasteiger partial charge in [0.15, 0.2) is 5.69 Å². The third kappa shape index (κ3) is 3.77. The highest BCUT2D eigenvalue weighted by atomic mass is 16.4. The van der Waals surface area contributed by atoms with Gasteiger partial charge in [-0.1, -0.05) is 20.3 Å². The molecular weight excluding hydrogens is 270 g/mol. The number of hydrogen-bond acceptors (Lipinski definition) is 4. The Labute approximate surface area is 124 Å². The molecule has 21 heavy (non-hydrogen) atoms. The Morgan fingerprint density at radius 2 is 1.90 bits per heavy atom. The molecule has 2 N–H and O–H groups in total. The summed E-state index contributed by atoms with van der Waals surface area (Å²) in [6, 6.07) is 0. The Morgan fingerprint density at radius 1 is 1.29 bits per heavy atom. The van der Waals surface area contributed by atoms with E-state index in [4.69, 9.17) is 5.11 Å². The van der Waals surface area contributed by atoms with Crippen molar-refractivity contribution in [2.24, 2.45) is 11.3 Å². The van der Waals surface area contributed by atoms with Gasteiger partial charge < -0.3 is 10.4 Å². The maximum atomic E-state index is 12.0. The largest absolute Gasteiger partial charge is 0.476 e. The van der Waals surface area contributed by atoms with Gasteiger partial charge in [-0.25, -0.2) is 14.8 Å². The lowest BCUT2D eigenvalue weighted by atomic mass is 9.64. The summed E-state index contributed by atoms with van der Waals surface area (Å²) >= 11 is 0. The summed E-state index contributed by atoms with van der Waals surface area (Å²) < 4.78 is 0. The Balaban J connectivity index is 1.93. The highest BCUT2D eigenvalue weighted by Gasteiger charge is 2.37. The van der Waals surface area contributed by atoms with Crippen LogP contribution in [0.5, 0.6) is 0 Å². The number of hydrogen-bond donors (Lipinski definition) is 2. The summed E-state index contributed by atoms with van der Waals surface area (Å²) in [6.45, 7) is 5.03. The van der Waals surface area contributed by atoms with E-state index in [1.165, 1.54) is 12.6 Å². The zero-order chi connectivity index (χ0) is 15.5. The SMILES string of the molecule is CC(C)CC1(CNC(=O)c2cnc(C(=O)O)cn2)CCC1. The lowest BCUT2D eigenvalue weighted by Gasteiger charge is -2.43. The van der Waals surface area contributed by atoms with Gasteiger partial charge in [-0.05, 0) is 30.6 Å². The number of carbonyl (C=O) groups is 2. The predicted octanol–water partition coefficient (Wildman–Crippen LogP) is 2.12. The van der Waals surface area contributed by atoms with Crippen molar-refractivity contribution in [3.8, 4) is 0 Å². The Morgan fingerprint density at radius 3 is 2.33 bits per heavy atom. The summed E-state index contributed by atoms with van der Waals surface area (Å²) in [5, 5.41) is 11.7. The van der Waals surface area contributed by atoms with Gasteiger partial charge in [0.05, 0.1) is 12.4 Å². The van der Waals surface area contributed by atoms with Crippen molar-refractivity contribution in [1.29, 1.82) is 0 Å². The molecule has 1 aliphatic rings. The summed E-state index contributed by atoms with van der Waals surface area (Å²) in [5.74, 6) is -0.842. The van der Waals surface area contributed by atoms with E-state index in [0.717, 1.165) is 25.5 Å². The minimum Gasteiger partial charge on any atom is -0.476 e. The second-order valence-corrected chi connectivity index (χ2v) is 6.23. The smallest absolute Gasteiger partial charge is 0.356 e. The number of aromatic nitrogens is 2. The van der Waals surface area contributed by atoms with E-state index in [1.807, 2.05) is 0 Å². The molecule has 2 rings (SSSR count). The molecule has 1 fully saturated rings. The molecule has 1 aliphatic carbocycles. The minimum absolute atomic E-state index is 0.152. The first-order chi connectivity index (χ1) is 9.92. The summed E-state index contributed by atoms with van der Waals surface area (Å²) in [6.07, 6.45) is 6.93. The van der Waals surface area contributed by atoms with Crippen molar-refractivity contribution in [2.45, 2.75) is 39.5 Å². The second kappa shape index (κ2) is 6.20. The van der Waals surface area contributed by atoms with Crippen LogP contribution in [0.3, 0.4) is 0 Å². The van der Waals surface area contributed by atoms with Crippen LogP contribution in [0, 0.1) is 11.3 Å². The molecule has 1 saturated carbocycles. The number of carboxylic acids is 1. The van der Waals surface area contributed by atoms with E-state index in [1.54, 1.807) is 0 Å². The van der Waals surface area contributed by atoms with Gasteiger partial charge in [-0.3, -0.25) is 4.79 Å². The van der Waals surface area contributed by atoms with Crippen LogP contribution >= 0.6 is 0 Å². The molecule has 0 spiro atoms. The number of amides is 1. The summed E-state index contributed by atoms with van der Waals surface area (Å²) in [5.41, 5.74) is 0.207. The standard InChI is InChI=1S/C15H21N3O3/c1-10(2)6-15(4-3-5-15)9-18-13(19)11-7-17-12(8-16-11)14(20)21/h7-8,10H,3-6,9H2,1-2H3,(H,18,19)(H,20,21). The maximum Gasteiger partial charge on any atom is 0.356 e. The van der Waals surface area contributed by atoms with Gasteiger partial charge in [-0.15, -0.1) is 0 Å². The van der Waals surface area contributed by atoms with E-state index in [0.29, 0.717) is 12.5 Å². The molecule has 1 aromatic heterocycles. The topological polar surface area (TPSA) is 92.2 Å². The third-order valence-electron chi connectivity index (χ3n) is 3.98. The normalized spacial score (nSPS) is 16.3. The number of nitrogens with zero attached hydrogens (tertiary/aromatic N) is 2. The molecule has 0 atom stereocenters. The minimum atomic E-state index is -1.15. The first kappa shape index (κ1) is 15.4. The van der Waals surface area contributed by atoms with Gasteiger partial charge in [0.25, 0.3) is 5.91 Å². The lowest BCUT2D eigenvalue weighted by molar-refractivity contribution is 0.0688. The van der Waals surface area contributed by atoms with Crippen LogP contribution in [-0.2, 0) is 0 Å². The number of carbonyl (C=O) groups excluding carboxylic acids is 1. The first-order valence-electron chi connectivity index (χ1n) is 7.25. The Hall–Kier alpha value is -1.98. The lowest BCUT2D eigenvalue weighted by Crippen LogP contribution is -2.43. The second-order valence-electron chi connectivity index (χ2n) is 6.23. The molecule has 1 aromatic rings. The number of aromatic carboxylic acids is 1.